The summed E-state index contributed by atoms with van der Waals surface area (Å²) in [6.07, 6.45) is 5.47. The molecule has 0 radical (unpaired) electrons. The number of aromatic nitrogens is 1. The number of methoxy groups -OCH3 is 1. The first kappa shape index (κ1) is 14.8. The quantitative estimate of drug-likeness (QED) is 0.531. The van der Waals surface area contributed by atoms with Crippen molar-refractivity contribution in [1.29, 1.82) is 0 Å². The molecule has 0 fully saturated rings. The van der Waals surface area contributed by atoms with Crippen LogP contribution in [0.15, 0.2) is 48.5 Å². The van der Waals surface area contributed by atoms with Crippen LogP contribution in [0.4, 0.5) is 0 Å². The maximum atomic E-state index is 12.3. The third-order valence-corrected chi connectivity index (χ3v) is 3.83. The Kier molecular flexibility index (Phi) is 3.82. The van der Waals surface area contributed by atoms with Gasteiger partial charge in [-0.2, -0.15) is 0 Å². The molecule has 0 unspecified atom stereocenters. The molecule has 3 rings (SSSR count). The Morgan fingerprint density at radius 2 is 1.91 bits per heavy atom. The van der Waals surface area contributed by atoms with E-state index in [-0.39, 0.29) is 5.97 Å². The summed E-state index contributed by atoms with van der Waals surface area (Å²) >= 11 is 0. The Labute approximate surface area is 134 Å². The molecule has 0 aliphatic heterocycles. The van der Waals surface area contributed by atoms with Crippen molar-refractivity contribution in [3.05, 3.63) is 65.2 Å². The van der Waals surface area contributed by atoms with Crippen molar-refractivity contribution in [3.8, 4) is 23.6 Å². The van der Waals surface area contributed by atoms with Crippen LogP contribution in [0.2, 0.25) is 0 Å². The Hall–Kier alpha value is -3.12. The van der Waals surface area contributed by atoms with Gasteiger partial charge in [0, 0.05) is 16.5 Å². The van der Waals surface area contributed by atoms with Crippen molar-refractivity contribution < 1.29 is 9.53 Å². The average Bonchev–Trinajstić information content (AvgIpc) is 2.60. The predicted octanol–water partition coefficient (Wildman–Crippen LogP) is 3.98. The zero-order valence-electron chi connectivity index (χ0n) is 13.0. The first-order valence-corrected chi connectivity index (χ1v) is 7.20. The zero-order valence-corrected chi connectivity index (χ0v) is 13.0. The Balaban J connectivity index is 2.40. The van der Waals surface area contributed by atoms with Gasteiger partial charge in [0.15, 0.2) is 0 Å². The van der Waals surface area contributed by atoms with E-state index >= 15 is 0 Å². The minimum atomic E-state index is -0.388. The lowest BCUT2D eigenvalue weighted by atomic mass is 9.97. The van der Waals surface area contributed by atoms with Gasteiger partial charge in [0.1, 0.15) is 0 Å². The van der Waals surface area contributed by atoms with Gasteiger partial charge in [-0.1, -0.05) is 36.3 Å². The third-order valence-electron chi connectivity index (χ3n) is 3.83. The standard InChI is InChI=1S/C20H15NO2/c1-4-14-10-11-17-16(12-14)18(20(22)23-3)13(2)19(21-17)15-8-6-5-7-9-15/h1,5-12H,2-3H3. The molecule has 0 saturated heterocycles. The highest BCUT2D eigenvalue weighted by Gasteiger charge is 2.19. The second-order valence-electron chi connectivity index (χ2n) is 5.19. The van der Waals surface area contributed by atoms with Gasteiger partial charge < -0.3 is 4.74 Å². The van der Waals surface area contributed by atoms with Crippen LogP contribution in [-0.2, 0) is 4.74 Å². The normalized spacial score (nSPS) is 10.3. The maximum absolute atomic E-state index is 12.3. The summed E-state index contributed by atoms with van der Waals surface area (Å²) in [5.41, 5.74) is 4.44. The molecule has 0 aliphatic rings. The summed E-state index contributed by atoms with van der Waals surface area (Å²) in [6, 6.07) is 15.2. The molecule has 0 bridgehead atoms. The number of nitrogens with zero attached hydrogens (tertiary/aromatic N) is 1. The van der Waals surface area contributed by atoms with Gasteiger partial charge in [-0.25, -0.2) is 9.78 Å². The summed E-state index contributed by atoms with van der Waals surface area (Å²) in [4.78, 5) is 17.1. The summed E-state index contributed by atoms with van der Waals surface area (Å²) in [7, 11) is 1.38. The number of benzene rings is 2. The molecule has 3 aromatic rings. The van der Waals surface area contributed by atoms with E-state index in [9.17, 15) is 4.79 Å². The molecular weight excluding hydrogens is 286 g/mol. The van der Waals surface area contributed by atoms with Crippen molar-refractivity contribution in [1.82, 2.24) is 4.98 Å². The van der Waals surface area contributed by atoms with Gasteiger partial charge in [-0.05, 0) is 30.7 Å². The van der Waals surface area contributed by atoms with Crippen LogP contribution < -0.4 is 0 Å². The van der Waals surface area contributed by atoms with Crippen molar-refractivity contribution >= 4 is 16.9 Å². The number of esters is 1. The minimum Gasteiger partial charge on any atom is -0.465 e. The smallest absolute Gasteiger partial charge is 0.338 e. The van der Waals surface area contributed by atoms with Crippen LogP contribution in [0.3, 0.4) is 0 Å². The fourth-order valence-corrected chi connectivity index (χ4v) is 2.69. The van der Waals surface area contributed by atoms with E-state index in [4.69, 9.17) is 16.1 Å². The van der Waals surface area contributed by atoms with Gasteiger partial charge in [-0.15, -0.1) is 6.42 Å². The number of hydrogen-bond acceptors (Lipinski definition) is 3. The van der Waals surface area contributed by atoms with Crippen LogP contribution in [0.1, 0.15) is 21.5 Å². The molecule has 0 aliphatic carbocycles. The lowest BCUT2D eigenvalue weighted by Gasteiger charge is -2.13. The minimum absolute atomic E-state index is 0.388. The number of hydrogen-bond donors (Lipinski definition) is 0. The van der Waals surface area contributed by atoms with E-state index in [0.29, 0.717) is 22.0 Å². The van der Waals surface area contributed by atoms with Gasteiger partial charge in [0.2, 0.25) is 0 Å². The summed E-state index contributed by atoms with van der Waals surface area (Å²) in [5, 5.41) is 0.712. The van der Waals surface area contributed by atoms with E-state index in [1.54, 1.807) is 6.07 Å². The van der Waals surface area contributed by atoms with Crippen LogP contribution in [0.5, 0.6) is 0 Å². The summed E-state index contributed by atoms with van der Waals surface area (Å²) in [5.74, 6) is 2.20. The first-order chi connectivity index (χ1) is 11.2. The molecule has 1 aromatic heterocycles. The fraction of sp³-hybridized carbons (Fsp3) is 0.100. The number of carbonyl (C=O) groups excluding carboxylic acids is 1. The Morgan fingerprint density at radius 3 is 2.57 bits per heavy atom. The number of fused-ring (bicyclic) bond motifs is 1. The van der Waals surface area contributed by atoms with Crippen LogP contribution >= 0.6 is 0 Å². The highest BCUT2D eigenvalue weighted by Crippen LogP contribution is 2.30. The number of ether oxygens (including phenoxy) is 1. The summed E-state index contributed by atoms with van der Waals surface area (Å²) in [6.45, 7) is 1.88. The molecule has 0 amide bonds. The van der Waals surface area contributed by atoms with Crippen molar-refractivity contribution in [2.24, 2.45) is 0 Å². The molecule has 1 heterocycles. The number of carbonyl (C=O) groups is 1. The fourth-order valence-electron chi connectivity index (χ4n) is 2.69. The van der Waals surface area contributed by atoms with Crippen LogP contribution in [-0.4, -0.2) is 18.1 Å². The second-order valence-corrected chi connectivity index (χ2v) is 5.19. The van der Waals surface area contributed by atoms with Crippen LogP contribution in [0.25, 0.3) is 22.2 Å². The Morgan fingerprint density at radius 1 is 1.17 bits per heavy atom. The summed E-state index contributed by atoms with van der Waals surface area (Å²) < 4.78 is 4.97. The molecule has 0 atom stereocenters. The van der Waals surface area contributed by atoms with Gasteiger partial charge in [-0.3, -0.25) is 0 Å². The van der Waals surface area contributed by atoms with Crippen molar-refractivity contribution in [3.63, 3.8) is 0 Å². The van der Waals surface area contributed by atoms with Gasteiger partial charge in [0.25, 0.3) is 0 Å². The number of rotatable bonds is 2. The molecule has 112 valence electrons. The number of pyridine rings is 1. The molecule has 0 spiro atoms. The Bertz CT molecular complexity index is 937. The lowest BCUT2D eigenvalue weighted by Crippen LogP contribution is -2.07. The molecule has 0 N–H and O–H groups in total. The molecular formula is C20H15NO2. The molecule has 3 nitrogen and oxygen atoms in total. The van der Waals surface area contributed by atoms with E-state index in [1.165, 1.54) is 7.11 Å². The lowest BCUT2D eigenvalue weighted by molar-refractivity contribution is 0.0602. The molecule has 23 heavy (non-hydrogen) atoms. The van der Waals surface area contributed by atoms with Crippen LogP contribution in [0, 0.1) is 19.3 Å². The van der Waals surface area contributed by atoms with E-state index in [0.717, 1.165) is 16.8 Å². The molecule has 0 saturated carbocycles. The maximum Gasteiger partial charge on any atom is 0.338 e. The zero-order chi connectivity index (χ0) is 16.4. The highest BCUT2D eigenvalue weighted by atomic mass is 16.5. The van der Waals surface area contributed by atoms with Gasteiger partial charge in [0.05, 0.1) is 23.9 Å². The topological polar surface area (TPSA) is 39.2 Å². The SMILES string of the molecule is C#Cc1ccc2nc(-c3ccccc3)c(C)c(C(=O)OC)c2c1. The largest absolute Gasteiger partial charge is 0.465 e. The highest BCUT2D eigenvalue weighted by molar-refractivity contribution is 6.06. The predicted molar refractivity (Wildman–Crippen MR) is 91.2 cm³/mol. The van der Waals surface area contributed by atoms with E-state index < -0.39 is 0 Å². The average molecular weight is 301 g/mol. The van der Waals surface area contributed by atoms with Crippen molar-refractivity contribution in [2.75, 3.05) is 7.11 Å². The molecule has 3 heteroatoms. The second kappa shape index (κ2) is 5.94. The molecule has 2 aromatic carbocycles. The number of terminal acetylenes is 1. The van der Waals surface area contributed by atoms with Gasteiger partial charge >= 0.3 is 5.97 Å². The van der Waals surface area contributed by atoms with E-state index in [2.05, 4.69) is 5.92 Å². The van der Waals surface area contributed by atoms with Crippen molar-refractivity contribution in [2.45, 2.75) is 6.92 Å². The first-order valence-electron chi connectivity index (χ1n) is 7.20. The van der Waals surface area contributed by atoms with E-state index in [1.807, 2.05) is 49.4 Å². The third kappa shape index (κ3) is 2.56. The monoisotopic (exact) mass is 301 g/mol.